The minimum atomic E-state index is -3.99. The fourth-order valence-electron chi connectivity index (χ4n) is 1.63. The molecule has 160 valence electrons. The largest absolute Gasteiger partial charge is 0.478 e. The van der Waals surface area contributed by atoms with Gasteiger partial charge in [0.1, 0.15) is 12.1 Å². The van der Waals surface area contributed by atoms with Crippen LogP contribution in [-0.2, 0) is 32.4 Å². The first-order valence-corrected chi connectivity index (χ1v) is 10.0. The summed E-state index contributed by atoms with van der Waals surface area (Å²) >= 11 is 0. The Bertz CT molecular complexity index is 537. The quantitative estimate of drug-likeness (QED) is 0.350. The maximum absolute atomic E-state index is 12.8. The van der Waals surface area contributed by atoms with E-state index in [1.165, 1.54) is 7.05 Å². The third kappa shape index (κ3) is 13.6. The molecule has 0 aromatic rings. The molecule has 1 amide bonds. The molecule has 0 radical (unpaired) electrons. The molecule has 0 bridgehead atoms. The average Bonchev–Trinajstić information content (AvgIpc) is 2.30. The number of carbonyl (C=O) groups excluding carboxylic acids is 2. The van der Waals surface area contributed by atoms with Crippen molar-refractivity contribution in [2.24, 2.45) is 0 Å². The monoisotopic (exact) mass is 411 g/mol. The lowest BCUT2D eigenvalue weighted by molar-refractivity contribution is -0.155. The summed E-state index contributed by atoms with van der Waals surface area (Å²) in [6, 6.07) is 0. The number of rotatable bonds is 7. The van der Waals surface area contributed by atoms with Crippen molar-refractivity contribution in [3.63, 3.8) is 0 Å². The average molecular weight is 411 g/mol. The van der Waals surface area contributed by atoms with Gasteiger partial charge in [-0.05, 0) is 62.3 Å². The molecule has 0 aliphatic heterocycles. The Morgan fingerprint density at radius 3 is 1.67 bits per heavy atom. The molecule has 10 heteroatoms. The molecule has 27 heavy (non-hydrogen) atoms. The first-order chi connectivity index (χ1) is 11.8. The minimum Gasteiger partial charge on any atom is -0.459 e. The van der Waals surface area contributed by atoms with Crippen molar-refractivity contribution in [2.45, 2.75) is 79.1 Å². The lowest BCUT2D eigenvalue weighted by Crippen LogP contribution is -2.36. The molecule has 0 aliphatic rings. The van der Waals surface area contributed by atoms with Gasteiger partial charge in [0.05, 0.1) is 11.2 Å². The molecule has 0 N–H and O–H groups in total. The molecule has 0 atom stereocenters. The van der Waals surface area contributed by atoms with Gasteiger partial charge < -0.3 is 14.4 Å². The maximum Gasteiger partial charge on any atom is 0.478 e. The molecule has 0 rings (SSSR count). The van der Waals surface area contributed by atoms with Crippen LogP contribution >= 0.6 is 7.82 Å². The van der Waals surface area contributed by atoms with Crippen molar-refractivity contribution < 1.29 is 37.2 Å². The predicted molar refractivity (Wildman–Crippen MR) is 100 cm³/mol. The zero-order valence-corrected chi connectivity index (χ0v) is 19.0. The van der Waals surface area contributed by atoms with Gasteiger partial charge in [-0.15, -0.1) is 0 Å². The van der Waals surface area contributed by atoms with Crippen LogP contribution in [0.2, 0.25) is 0 Å². The van der Waals surface area contributed by atoms with Gasteiger partial charge in [0.25, 0.3) is 0 Å². The summed E-state index contributed by atoms with van der Waals surface area (Å²) in [5.74, 6) is -0.583. The second kappa shape index (κ2) is 9.37. The summed E-state index contributed by atoms with van der Waals surface area (Å²) in [4.78, 5) is 24.7. The van der Waals surface area contributed by atoms with Crippen LogP contribution in [0.5, 0.6) is 0 Å². The van der Waals surface area contributed by atoms with Crippen LogP contribution in [0.1, 0.15) is 62.3 Å². The molecule has 0 aromatic carbocycles. The van der Waals surface area contributed by atoms with Gasteiger partial charge in [-0.1, -0.05) is 0 Å². The maximum atomic E-state index is 12.8. The molecule has 0 spiro atoms. The summed E-state index contributed by atoms with van der Waals surface area (Å²) in [5.41, 5.74) is -2.28. The standard InChI is InChI=1S/C17H34NO8P/c1-15(2,3)24-13(19)11-18(10)14(20)22-12-23-27(21,25-16(4,5)6)26-17(7,8)9/h11-12H2,1-10H3. The Kier molecular flexibility index (Phi) is 8.97. The summed E-state index contributed by atoms with van der Waals surface area (Å²) in [6.45, 7) is 14.3. The normalized spacial score (nSPS) is 13.3. The molecule has 0 heterocycles. The zero-order chi connectivity index (χ0) is 21.7. The molecule has 0 aromatic heterocycles. The summed E-state index contributed by atoms with van der Waals surface area (Å²) in [5, 5.41) is 0. The Morgan fingerprint density at radius 1 is 0.852 bits per heavy atom. The van der Waals surface area contributed by atoms with E-state index in [0.717, 1.165) is 4.90 Å². The van der Waals surface area contributed by atoms with E-state index in [2.05, 4.69) is 0 Å². The van der Waals surface area contributed by atoms with Gasteiger partial charge in [0.2, 0.25) is 6.79 Å². The van der Waals surface area contributed by atoms with E-state index in [1.54, 1.807) is 62.3 Å². The van der Waals surface area contributed by atoms with Gasteiger partial charge in [0.15, 0.2) is 0 Å². The Labute approximate surface area is 162 Å². The Hall–Kier alpha value is -1.15. The van der Waals surface area contributed by atoms with Crippen molar-refractivity contribution in [1.82, 2.24) is 4.90 Å². The first kappa shape index (κ1) is 25.9. The Morgan fingerprint density at radius 2 is 1.30 bits per heavy atom. The fraction of sp³-hybridized carbons (Fsp3) is 0.882. The summed E-state index contributed by atoms with van der Waals surface area (Å²) < 4.78 is 38.7. The second-order valence-electron chi connectivity index (χ2n) is 8.95. The van der Waals surface area contributed by atoms with Crippen LogP contribution in [0.4, 0.5) is 4.79 Å². The highest BCUT2D eigenvalue weighted by atomic mass is 31.2. The van der Waals surface area contributed by atoms with E-state index in [-0.39, 0.29) is 6.54 Å². The SMILES string of the molecule is CN(CC(=O)OC(C)(C)C)C(=O)OCOP(=O)(OC(C)(C)C)OC(C)(C)C. The van der Waals surface area contributed by atoms with Gasteiger partial charge >= 0.3 is 19.9 Å². The first-order valence-electron chi connectivity index (χ1n) is 8.58. The molecule has 0 fully saturated rings. The van der Waals surface area contributed by atoms with E-state index in [1.807, 2.05) is 0 Å². The molecular formula is C17H34NO8P. The number of esters is 1. The number of amides is 1. The third-order valence-electron chi connectivity index (χ3n) is 2.26. The number of hydrogen-bond acceptors (Lipinski definition) is 8. The minimum absolute atomic E-state index is 0.301. The van der Waals surface area contributed by atoms with Crippen LogP contribution in [0.3, 0.4) is 0 Å². The summed E-state index contributed by atoms with van der Waals surface area (Å²) in [6.07, 6.45) is -0.848. The molecular weight excluding hydrogens is 377 g/mol. The van der Waals surface area contributed by atoms with Gasteiger partial charge in [0, 0.05) is 7.05 Å². The number of phosphoric ester groups is 1. The highest BCUT2D eigenvalue weighted by Crippen LogP contribution is 2.55. The highest BCUT2D eigenvalue weighted by molar-refractivity contribution is 7.48. The molecule has 0 saturated carbocycles. The van der Waals surface area contributed by atoms with Crippen LogP contribution in [0.25, 0.3) is 0 Å². The number of ether oxygens (including phenoxy) is 2. The number of carbonyl (C=O) groups is 2. The number of likely N-dealkylation sites (N-methyl/N-ethyl adjacent to an activating group) is 1. The highest BCUT2D eigenvalue weighted by Gasteiger charge is 2.37. The van der Waals surface area contributed by atoms with E-state index in [4.69, 9.17) is 23.0 Å². The zero-order valence-electron chi connectivity index (χ0n) is 18.1. The Balaban J connectivity index is 4.71. The summed E-state index contributed by atoms with van der Waals surface area (Å²) in [7, 11) is -2.63. The lowest BCUT2D eigenvalue weighted by Gasteiger charge is -2.30. The van der Waals surface area contributed by atoms with E-state index in [9.17, 15) is 14.2 Å². The third-order valence-corrected chi connectivity index (χ3v) is 4.23. The van der Waals surface area contributed by atoms with Crippen LogP contribution in [0.15, 0.2) is 0 Å². The number of phosphoric acid groups is 1. The van der Waals surface area contributed by atoms with Crippen molar-refractivity contribution >= 4 is 19.9 Å². The molecule has 0 aliphatic carbocycles. The van der Waals surface area contributed by atoms with Crippen molar-refractivity contribution in [3.8, 4) is 0 Å². The molecule has 0 saturated heterocycles. The van der Waals surface area contributed by atoms with Crippen LogP contribution < -0.4 is 0 Å². The topological polar surface area (TPSA) is 101 Å². The lowest BCUT2D eigenvalue weighted by atomic mass is 10.2. The van der Waals surface area contributed by atoms with Crippen LogP contribution in [0, 0.1) is 0 Å². The van der Waals surface area contributed by atoms with Crippen molar-refractivity contribution in [3.05, 3.63) is 0 Å². The van der Waals surface area contributed by atoms with Gasteiger partial charge in [-0.25, -0.2) is 13.9 Å². The van der Waals surface area contributed by atoms with E-state index in [0.29, 0.717) is 0 Å². The number of nitrogens with zero attached hydrogens (tertiary/aromatic N) is 1. The second-order valence-corrected chi connectivity index (χ2v) is 10.5. The predicted octanol–water partition coefficient (Wildman–Crippen LogP) is 4.11. The van der Waals surface area contributed by atoms with Crippen molar-refractivity contribution in [1.29, 1.82) is 0 Å². The van der Waals surface area contributed by atoms with Crippen molar-refractivity contribution in [2.75, 3.05) is 20.4 Å². The van der Waals surface area contributed by atoms with Gasteiger partial charge in [-0.2, -0.15) is 0 Å². The van der Waals surface area contributed by atoms with Crippen LogP contribution in [-0.4, -0.2) is 54.2 Å². The fourth-order valence-corrected chi connectivity index (χ4v) is 3.29. The molecule has 9 nitrogen and oxygen atoms in total. The van der Waals surface area contributed by atoms with E-state index < -0.39 is 43.5 Å². The molecule has 0 unspecified atom stereocenters. The number of hydrogen-bond donors (Lipinski definition) is 0. The van der Waals surface area contributed by atoms with Gasteiger partial charge in [-0.3, -0.25) is 13.8 Å². The smallest absolute Gasteiger partial charge is 0.459 e. The van der Waals surface area contributed by atoms with E-state index >= 15 is 0 Å².